The predicted octanol–water partition coefficient (Wildman–Crippen LogP) is 3.31. The largest absolute Gasteiger partial charge is 0.435 e. The minimum atomic E-state index is -0.761. The third kappa shape index (κ3) is 3.46. The van der Waals surface area contributed by atoms with Crippen LogP contribution in [0.15, 0.2) is 46.9 Å². The summed E-state index contributed by atoms with van der Waals surface area (Å²) in [5.41, 5.74) is 7.09. The number of benzene rings is 2. The van der Waals surface area contributed by atoms with Crippen molar-refractivity contribution in [2.75, 3.05) is 31.1 Å². The van der Waals surface area contributed by atoms with Crippen LogP contribution < -0.4 is 16.0 Å². The van der Waals surface area contributed by atoms with E-state index in [1.54, 1.807) is 0 Å². The fourth-order valence-electron chi connectivity index (χ4n) is 3.24. The number of nitrogens with zero attached hydrogens (tertiary/aromatic N) is 2. The first-order chi connectivity index (χ1) is 13.5. The van der Waals surface area contributed by atoms with Gasteiger partial charge in [-0.15, -0.1) is 0 Å². The van der Waals surface area contributed by atoms with E-state index in [1.807, 2.05) is 24.3 Å². The molecular formula is C20H18ClFN4O2. The molecule has 0 saturated carbocycles. The summed E-state index contributed by atoms with van der Waals surface area (Å²) < 4.78 is 20.0. The number of nitrogens with one attached hydrogen (secondary N) is 1. The van der Waals surface area contributed by atoms with Crippen molar-refractivity contribution in [3.63, 3.8) is 0 Å². The molecule has 1 aliphatic heterocycles. The molecule has 6 nitrogen and oxygen atoms in total. The number of carbonyl (C=O) groups excluding carboxylic acids is 1. The smallest absolute Gasteiger partial charge is 0.271 e. The highest BCUT2D eigenvalue weighted by Crippen LogP contribution is 2.35. The van der Waals surface area contributed by atoms with Gasteiger partial charge in [-0.2, -0.15) is 0 Å². The van der Waals surface area contributed by atoms with E-state index in [2.05, 4.69) is 15.2 Å². The van der Waals surface area contributed by atoms with Crippen molar-refractivity contribution >= 4 is 23.2 Å². The van der Waals surface area contributed by atoms with Crippen LogP contribution >= 0.6 is 11.6 Å². The average Bonchev–Trinajstić information content (AvgIpc) is 3.14. The Bertz CT molecular complexity index is 993. The Morgan fingerprint density at radius 3 is 2.54 bits per heavy atom. The fourth-order valence-corrected chi connectivity index (χ4v) is 3.48. The topological polar surface area (TPSA) is 84.4 Å². The SMILES string of the molecule is NC(=O)c1nc(-c2c(F)cccc2Cl)oc1-c1ccc(N2CCNCC2)cc1. The van der Waals surface area contributed by atoms with Gasteiger partial charge in [-0.25, -0.2) is 9.37 Å². The highest BCUT2D eigenvalue weighted by Gasteiger charge is 2.23. The first-order valence-electron chi connectivity index (χ1n) is 8.85. The lowest BCUT2D eigenvalue weighted by Gasteiger charge is -2.29. The Morgan fingerprint density at radius 1 is 1.18 bits per heavy atom. The fraction of sp³-hybridized carbons (Fsp3) is 0.200. The molecule has 0 atom stereocenters. The van der Waals surface area contributed by atoms with Crippen molar-refractivity contribution in [1.82, 2.24) is 10.3 Å². The lowest BCUT2D eigenvalue weighted by Crippen LogP contribution is -2.43. The summed E-state index contributed by atoms with van der Waals surface area (Å²) in [6.45, 7) is 3.71. The van der Waals surface area contributed by atoms with Gasteiger partial charge in [0.05, 0.1) is 10.6 Å². The quantitative estimate of drug-likeness (QED) is 0.701. The van der Waals surface area contributed by atoms with Crippen molar-refractivity contribution < 1.29 is 13.6 Å². The molecule has 0 radical (unpaired) electrons. The molecule has 144 valence electrons. The van der Waals surface area contributed by atoms with Crippen LogP contribution in [0.25, 0.3) is 22.8 Å². The van der Waals surface area contributed by atoms with Crippen LogP contribution in [0, 0.1) is 5.82 Å². The van der Waals surface area contributed by atoms with Crippen LogP contribution in [0.4, 0.5) is 10.1 Å². The lowest BCUT2D eigenvalue weighted by atomic mass is 10.1. The molecule has 2 aromatic carbocycles. The second kappa shape index (κ2) is 7.61. The summed E-state index contributed by atoms with van der Waals surface area (Å²) in [6.07, 6.45) is 0. The number of oxazole rings is 1. The second-order valence-corrected chi connectivity index (χ2v) is 6.85. The van der Waals surface area contributed by atoms with Gasteiger partial charge in [0.15, 0.2) is 11.5 Å². The van der Waals surface area contributed by atoms with E-state index in [4.69, 9.17) is 21.8 Å². The summed E-state index contributed by atoms with van der Waals surface area (Å²) in [6, 6.07) is 11.8. The van der Waals surface area contributed by atoms with Crippen LogP contribution in [0.3, 0.4) is 0 Å². The Kier molecular flexibility index (Phi) is 5.02. The third-order valence-corrected chi connectivity index (χ3v) is 4.96. The van der Waals surface area contributed by atoms with Crippen molar-refractivity contribution in [3.8, 4) is 22.8 Å². The summed E-state index contributed by atoms with van der Waals surface area (Å²) in [7, 11) is 0. The molecule has 0 bridgehead atoms. The lowest BCUT2D eigenvalue weighted by molar-refractivity contribution is 0.0996. The van der Waals surface area contributed by atoms with E-state index in [-0.39, 0.29) is 27.9 Å². The Balaban J connectivity index is 1.73. The van der Waals surface area contributed by atoms with Crippen LogP contribution in [0.1, 0.15) is 10.5 Å². The van der Waals surface area contributed by atoms with Gasteiger partial charge in [0.2, 0.25) is 5.89 Å². The van der Waals surface area contributed by atoms with E-state index in [9.17, 15) is 9.18 Å². The molecule has 1 amide bonds. The van der Waals surface area contributed by atoms with Crippen LogP contribution in [-0.2, 0) is 0 Å². The molecule has 3 aromatic rings. The summed E-state index contributed by atoms with van der Waals surface area (Å²) >= 11 is 6.09. The number of nitrogens with two attached hydrogens (primary N) is 1. The zero-order valence-electron chi connectivity index (χ0n) is 14.9. The van der Waals surface area contributed by atoms with E-state index in [0.717, 1.165) is 31.9 Å². The number of halogens is 2. The number of amides is 1. The summed E-state index contributed by atoms with van der Waals surface area (Å²) in [5, 5.41) is 3.45. The van der Waals surface area contributed by atoms with Crippen molar-refractivity contribution in [2.24, 2.45) is 5.73 Å². The minimum absolute atomic E-state index is 0.00430. The maximum absolute atomic E-state index is 14.2. The predicted molar refractivity (Wildman–Crippen MR) is 106 cm³/mol. The average molecular weight is 401 g/mol. The number of rotatable bonds is 4. The van der Waals surface area contributed by atoms with Crippen LogP contribution in [-0.4, -0.2) is 37.1 Å². The zero-order valence-corrected chi connectivity index (χ0v) is 15.7. The molecule has 0 unspecified atom stereocenters. The normalized spacial score (nSPS) is 14.3. The molecule has 1 aromatic heterocycles. The van der Waals surface area contributed by atoms with Gasteiger partial charge in [0, 0.05) is 37.4 Å². The van der Waals surface area contributed by atoms with Crippen LogP contribution in [0.2, 0.25) is 5.02 Å². The Labute approximate surface area is 166 Å². The maximum atomic E-state index is 14.2. The number of anilines is 1. The summed E-state index contributed by atoms with van der Waals surface area (Å²) in [4.78, 5) is 18.3. The van der Waals surface area contributed by atoms with Gasteiger partial charge in [0.25, 0.3) is 5.91 Å². The Morgan fingerprint density at radius 2 is 1.89 bits per heavy atom. The molecule has 4 rings (SSSR count). The molecule has 0 spiro atoms. The zero-order chi connectivity index (χ0) is 19.7. The summed E-state index contributed by atoms with van der Waals surface area (Å²) in [5.74, 6) is -1.25. The van der Waals surface area contributed by atoms with Crippen molar-refractivity contribution in [2.45, 2.75) is 0 Å². The molecule has 28 heavy (non-hydrogen) atoms. The number of primary amides is 1. The Hall–Kier alpha value is -2.90. The maximum Gasteiger partial charge on any atom is 0.271 e. The highest BCUT2D eigenvalue weighted by molar-refractivity contribution is 6.33. The van der Waals surface area contributed by atoms with Gasteiger partial charge in [-0.1, -0.05) is 17.7 Å². The third-order valence-electron chi connectivity index (χ3n) is 4.65. The molecular weight excluding hydrogens is 383 g/mol. The van der Waals surface area contributed by atoms with Crippen molar-refractivity contribution in [3.05, 3.63) is 59.0 Å². The van der Waals surface area contributed by atoms with E-state index < -0.39 is 11.7 Å². The van der Waals surface area contributed by atoms with Gasteiger partial charge in [0.1, 0.15) is 5.82 Å². The number of aromatic nitrogens is 1. The first-order valence-corrected chi connectivity index (χ1v) is 9.23. The number of piperazine rings is 1. The monoisotopic (exact) mass is 400 g/mol. The molecule has 8 heteroatoms. The highest BCUT2D eigenvalue weighted by atomic mass is 35.5. The number of hydrogen-bond acceptors (Lipinski definition) is 5. The number of carbonyl (C=O) groups is 1. The van der Waals surface area contributed by atoms with E-state index in [0.29, 0.717) is 5.56 Å². The van der Waals surface area contributed by atoms with Gasteiger partial charge in [-0.05, 0) is 36.4 Å². The second-order valence-electron chi connectivity index (χ2n) is 6.44. The molecule has 1 fully saturated rings. The van der Waals surface area contributed by atoms with Crippen LogP contribution in [0.5, 0.6) is 0 Å². The van der Waals surface area contributed by atoms with E-state index in [1.165, 1.54) is 18.2 Å². The molecule has 3 N–H and O–H groups in total. The van der Waals surface area contributed by atoms with E-state index >= 15 is 0 Å². The van der Waals surface area contributed by atoms with Crippen molar-refractivity contribution in [1.29, 1.82) is 0 Å². The molecule has 1 aliphatic rings. The molecule has 0 aliphatic carbocycles. The molecule has 2 heterocycles. The van der Waals surface area contributed by atoms with Gasteiger partial charge >= 0.3 is 0 Å². The minimum Gasteiger partial charge on any atom is -0.435 e. The molecule has 1 saturated heterocycles. The number of hydrogen-bond donors (Lipinski definition) is 2. The first kappa shape index (κ1) is 18.5. The standard InChI is InChI=1S/C20H18ClFN4O2/c21-14-2-1-3-15(22)16(14)20-25-17(19(23)27)18(28-20)12-4-6-13(7-5-12)26-10-8-24-9-11-26/h1-7,24H,8-11H2,(H2,23,27). The van der Waals surface area contributed by atoms with Gasteiger partial charge < -0.3 is 20.4 Å². The van der Waals surface area contributed by atoms with Gasteiger partial charge in [-0.3, -0.25) is 4.79 Å².